The lowest BCUT2D eigenvalue weighted by molar-refractivity contribution is -0.137. The molecule has 1 N–H and O–H groups in total. The number of rotatable bonds is 4. The predicted molar refractivity (Wildman–Crippen MR) is 50.0 cm³/mol. The van der Waals surface area contributed by atoms with Gasteiger partial charge in [-0.3, -0.25) is 8.74 Å². The number of ether oxygens (including phenoxy) is 1. The average molecular weight is 226 g/mol. The molecule has 84 valence electrons. The molecule has 0 amide bonds. The molecule has 0 saturated carbocycles. The Labute approximate surface area is 83.5 Å². The largest absolute Gasteiger partial charge is 0.463 e. The van der Waals surface area contributed by atoms with Gasteiger partial charge in [-0.1, -0.05) is 13.5 Å². The molecule has 0 aromatic rings. The molecule has 0 aliphatic rings. The minimum Gasteiger partial charge on any atom is -0.463 e. The normalized spacial score (nSPS) is 9.64. The minimum atomic E-state index is -4.16. The molecule has 0 fully saturated rings. The van der Waals surface area contributed by atoms with Gasteiger partial charge in [-0.05, 0) is 6.42 Å². The van der Waals surface area contributed by atoms with Crippen LogP contribution in [-0.4, -0.2) is 32.7 Å². The lowest BCUT2D eigenvalue weighted by Crippen LogP contribution is -1.99. The molecule has 0 aliphatic heterocycles. The van der Waals surface area contributed by atoms with Crippen molar-refractivity contribution in [3.8, 4) is 0 Å². The molecule has 0 heterocycles. The Morgan fingerprint density at radius 1 is 1.57 bits per heavy atom. The lowest BCUT2D eigenvalue weighted by atomic mass is 10.5. The van der Waals surface area contributed by atoms with Crippen molar-refractivity contribution in [2.24, 2.45) is 0 Å². The number of hydrogen-bond acceptors (Lipinski definition) is 5. The summed E-state index contributed by atoms with van der Waals surface area (Å²) in [6.45, 7) is 5.67. The second-order valence-electron chi connectivity index (χ2n) is 1.97. The molecule has 7 heteroatoms. The highest BCUT2D eigenvalue weighted by molar-refractivity contribution is 7.80. The van der Waals surface area contributed by atoms with Crippen LogP contribution in [0, 0.1) is 0 Å². The smallest absolute Gasteiger partial charge is 0.397 e. The van der Waals surface area contributed by atoms with Crippen molar-refractivity contribution in [3.63, 3.8) is 0 Å². The van der Waals surface area contributed by atoms with Gasteiger partial charge in [0.2, 0.25) is 0 Å². The number of hydrogen-bond donors (Lipinski definition) is 1. The van der Waals surface area contributed by atoms with Crippen LogP contribution in [0.25, 0.3) is 0 Å². The minimum absolute atomic E-state index is 0.341. The molecule has 0 radical (unpaired) electrons. The Balaban J connectivity index is 0. The molecule has 0 bridgehead atoms. The maximum Gasteiger partial charge on any atom is 0.397 e. The molecular weight excluding hydrogens is 212 g/mol. The second-order valence-corrected chi connectivity index (χ2v) is 3.15. The van der Waals surface area contributed by atoms with Crippen LogP contribution >= 0.6 is 0 Å². The Morgan fingerprint density at radius 2 is 2.00 bits per heavy atom. The van der Waals surface area contributed by atoms with Crippen molar-refractivity contribution in [2.75, 3.05) is 13.7 Å². The first-order valence-corrected chi connectivity index (χ1v) is 5.06. The number of esters is 1. The summed E-state index contributed by atoms with van der Waals surface area (Å²) in [6.07, 6.45) is 2.02. The first kappa shape index (κ1) is 15.5. The quantitative estimate of drug-likeness (QED) is 0.428. The molecule has 14 heavy (non-hydrogen) atoms. The van der Waals surface area contributed by atoms with Gasteiger partial charge in [0, 0.05) is 6.08 Å². The molecule has 0 unspecified atom stereocenters. The molecule has 6 nitrogen and oxygen atoms in total. The fourth-order valence-corrected chi connectivity index (χ4v) is 0.262. The number of carbonyl (C=O) groups is 1. The fourth-order valence-electron chi connectivity index (χ4n) is 0.262. The highest BCUT2D eigenvalue weighted by atomic mass is 32.3. The summed E-state index contributed by atoms with van der Waals surface area (Å²) < 4.78 is 34.3. The van der Waals surface area contributed by atoms with Gasteiger partial charge >= 0.3 is 16.4 Å². The van der Waals surface area contributed by atoms with Crippen molar-refractivity contribution in [2.45, 2.75) is 13.3 Å². The van der Waals surface area contributed by atoms with E-state index in [-0.39, 0.29) is 5.97 Å². The summed E-state index contributed by atoms with van der Waals surface area (Å²) in [5.74, 6) is -0.341. The molecule has 0 aliphatic carbocycles. The maximum absolute atomic E-state index is 10.2. The fraction of sp³-hybridized carbons (Fsp3) is 0.571. The molecule has 0 atom stereocenters. The van der Waals surface area contributed by atoms with Gasteiger partial charge in [-0.25, -0.2) is 4.79 Å². The van der Waals surface area contributed by atoms with Gasteiger partial charge in [0.1, 0.15) is 0 Å². The standard InChI is InChI=1S/C6H10O2.CH4O4S/c1-3-5-8-6(7)4-2;1-5-6(2,3)4/h4H,2-3,5H2,1H3;1H3,(H,2,3,4). The maximum atomic E-state index is 10.2. The zero-order chi connectivity index (χ0) is 11.6. The van der Waals surface area contributed by atoms with Gasteiger partial charge in [0.05, 0.1) is 13.7 Å². The van der Waals surface area contributed by atoms with Gasteiger partial charge in [0.25, 0.3) is 0 Å². The van der Waals surface area contributed by atoms with Crippen molar-refractivity contribution in [1.29, 1.82) is 0 Å². The van der Waals surface area contributed by atoms with E-state index in [1.165, 1.54) is 0 Å². The lowest BCUT2D eigenvalue weighted by Gasteiger charge is -1.94. The van der Waals surface area contributed by atoms with Crippen LogP contribution in [0.1, 0.15) is 13.3 Å². The third-order valence-electron chi connectivity index (χ3n) is 0.826. The predicted octanol–water partition coefficient (Wildman–Crippen LogP) is 0.561. The van der Waals surface area contributed by atoms with Crippen molar-refractivity contribution in [1.82, 2.24) is 0 Å². The van der Waals surface area contributed by atoms with E-state index in [0.29, 0.717) is 6.61 Å². The van der Waals surface area contributed by atoms with Crippen molar-refractivity contribution in [3.05, 3.63) is 12.7 Å². The summed E-state index contributed by atoms with van der Waals surface area (Å²) in [7, 11) is -3.29. The first-order valence-electron chi connectivity index (χ1n) is 3.69. The number of carbonyl (C=O) groups excluding carboxylic acids is 1. The van der Waals surface area contributed by atoms with Crippen LogP contribution < -0.4 is 0 Å². The molecular formula is C7H14O6S. The van der Waals surface area contributed by atoms with Crippen LogP contribution in [-0.2, 0) is 24.1 Å². The third-order valence-corrected chi connectivity index (χ3v) is 1.25. The second kappa shape index (κ2) is 8.67. The average Bonchev–Trinajstić information content (AvgIpc) is 2.14. The molecule has 0 aromatic heterocycles. The Kier molecular flexibility index (Phi) is 9.63. The summed E-state index contributed by atoms with van der Waals surface area (Å²) >= 11 is 0. The van der Waals surface area contributed by atoms with Gasteiger partial charge in [-0.15, -0.1) is 0 Å². The molecule has 0 spiro atoms. The van der Waals surface area contributed by atoms with Crippen LogP contribution in [0.5, 0.6) is 0 Å². The summed E-state index contributed by atoms with van der Waals surface area (Å²) in [5, 5.41) is 0. The highest BCUT2D eigenvalue weighted by Gasteiger charge is 1.94. The van der Waals surface area contributed by atoms with Crippen molar-refractivity contribution >= 4 is 16.4 Å². The van der Waals surface area contributed by atoms with E-state index in [0.717, 1.165) is 19.6 Å². The van der Waals surface area contributed by atoms with Crippen LogP contribution in [0.4, 0.5) is 0 Å². The van der Waals surface area contributed by atoms with Crippen LogP contribution in [0.2, 0.25) is 0 Å². The SMILES string of the molecule is C=CC(=O)OCCC.COS(=O)(=O)O. The van der Waals surface area contributed by atoms with Gasteiger partial charge in [0.15, 0.2) is 0 Å². The topological polar surface area (TPSA) is 89.9 Å². The van der Waals surface area contributed by atoms with E-state index in [2.05, 4.69) is 15.5 Å². The van der Waals surface area contributed by atoms with Crippen LogP contribution in [0.3, 0.4) is 0 Å². The zero-order valence-corrected chi connectivity index (χ0v) is 8.91. The van der Waals surface area contributed by atoms with Crippen molar-refractivity contribution < 1.29 is 26.7 Å². The van der Waals surface area contributed by atoms with Gasteiger partial charge < -0.3 is 4.74 Å². The third kappa shape index (κ3) is 17.2. The highest BCUT2D eigenvalue weighted by Crippen LogP contribution is 1.81. The van der Waals surface area contributed by atoms with E-state index >= 15 is 0 Å². The van der Waals surface area contributed by atoms with Crippen LogP contribution in [0.15, 0.2) is 12.7 Å². The molecule has 0 saturated heterocycles. The first-order chi connectivity index (χ1) is 6.37. The molecule has 0 rings (SSSR count). The molecule has 0 aromatic carbocycles. The van der Waals surface area contributed by atoms with E-state index in [4.69, 9.17) is 4.55 Å². The zero-order valence-electron chi connectivity index (χ0n) is 8.10. The van der Waals surface area contributed by atoms with E-state index in [1.54, 1.807) is 0 Å². The Hall–Kier alpha value is -0.920. The summed E-state index contributed by atoms with van der Waals surface area (Å²) in [4.78, 5) is 10.2. The summed E-state index contributed by atoms with van der Waals surface area (Å²) in [6, 6.07) is 0. The Bertz CT molecular complexity index is 255. The van der Waals surface area contributed by atoms with E-state index in [9.17, 15) is 13.2 Å². The van der Waals surface area contributed by atoms with Gasteiger partial charge in [-0.2, -0.15) is 8.42 Å². The van der Waals surface area contributed by atoms with E-state index < -0.39 is 10.4 Å². The summed E-state index contributed by atoms with van der Waals surface area (Å²) in [5.41, 5.74) is 0. The van der Waals surface area contributed by atoms with E-state index in [1.807, 2.05) is 6.92 Å². The Morgan fingerprint density at radius 3 is 2.21 bits per heavy atom. The monoisotopic (exact) mass is 226 g/mol.